The molecule has 4 aromatic rings. The molecule has 0 radical (unpaired) electrons. The van der Waals surface area contributed by atoms with Crippen LogP contribution in [0.2, 0.25) is 5.02 Å². The van der Waals surface area contributed by atoms with E-state index in [1.165, 1.54) is 11.8 Å². The summed E-state index contributed by atoms with van der Waals surface area (Å²) in [6.07, 6.45) is 2.28. The van der Waals surface area contributed by atoms with Crippen molar-refractivity contribution in [3.05, 3.63) is 75.3 Å². The highest BCUT2D eigenvalue weighted by Gasteiger charge is 2.23. The van der Waals surface area contributed by atoms with Gasteiger partial charge in [0.1, 0.15) is 5.65 Å². The minimum atomic E-state index is -0.0796. The van der Waals surface area contributed by atoms with Gasteiger partial charge in [0.15, 0.2) is 5.16 Å². The van der Waals surface area contributed by atoms with E-state index in [-0.39, 0.29) is 5.56 Å². The Morgan fingerprint density at radius 3 is 2.68 bits per heavy atom. The van der Waals surface area contributed by atoms with Crippen molar-refractivity contribution in [2.24, 2.45) is 0 Å². The van der Waals surface area contributed by atoms with Gasteiger partial charge in [-0.25, -0.2) is 4.98 Å². The number of halogens is 1. The lowest BCUT2D eigenvalue weighted by atomic mass is 10.3. The highest BCUT2D eigenvalue weighted by atomic mass is 35.5. The molecular formula is C22H21ClN6OS. The first-order valence-electron chi connectivity index (χ1n) is 10.2. The lowest BCUT2D eigenvalue weighted by Gasteiger charge is -2.19. The quantitative estimate of drug-likeness (QED) is 0.424. The number of fused-ring (bicyclic) bond motifs is 1. The van der Waals surface area contributed by atoms with Gasteiger partial charge in [-0.15, -0.1) is 10.2 Å². The third-order valence-electron chi connectivity index (χ3n) is 5.38. The van der Waals surface area contributed by atoms with Gasteiger partial charge < -0.3 is 4.90 Å². The molecule has 0 N–H and O–H groups in total. The molecule has 0 unspecified atom stereocenters. The van der Waals surface area contributed by atoms with Crippen molar-refractivity contribution < 1.29 is 0 Å². The molecule has 0 bridgehead atoms. The average Bonchev–Trinajstić information content (AvgIpc) is 3.42. The number of aromatic nitrogens is 5. The minimum absolute atomic E-state index is 0.0796. The van der Waals surface area contributed by atoms with Gasteiger partial charge >= 0.3 is 0 Å². The molecule has 7 nitrogen and oxygen atoms in total. The Bertz CT molecular complexity index is 1310. The van der Waals surface area contributed by atoms with Crippen LogP contribution in [0.3, 0.4) is 0 Å². The third kappa shape index (κ3) is 3.81. The Morgan fingerprint density at radius 2 is 1.87 bits per heavy atom. The molecule has 0 aliphatic carbocycles. The standard InChI is InChI=1S/C22H21ClN6OS/c1-15-7-6-10-19-24-16(13-20(30)28(15)19)14-31-22-26-25-21(27-11-4-5-12-27)29(22)18-9-3-2-8-17(18)23/h2-3,6-10,13H,4-5,11-12,14H2,1H3. The van der Waals surface area contributed by atoms with Crippen molar-refractivity contribution >= 4 is 35.0 Å². The molecule has 0 atom stereocenters. The number of aryl methyl sites for hydroxylation is 1. The zero-order valence-electron chi connectivity index (χ0n) is 17.0. The van der Waals surface area contributed by atoms with Crippen LogP contribution in [0, 0.1) is 6.92 Å². The van der Waals surface area contributed by atoms with Gasteiger partial charge in [-0.3, -0.25) is 13.8 Å². The van der Waals surface area contributed by atoms with Crippen molar-refractivity contribution in [1.82, 2.24) is 24.1 Å². The number of thioether (sulfide) groups is 1. The summed E-state index contributed by atoms with van der Waals surface area (Å²) < 4.78 is 3.63. The Morgan fingerprint density at radius 1 is 1.06 bits per heavy atom. The molecule has 5 rings (SSSR count). The predicted octanol–water partition coefficient (Wildman–Crippen LogP) is 4.13. The summed E-state index contributed by atoms with van der Waals surface area (Å²) in [5.74, 6) is 1.30. The fourth-order valence-corrected chi connectivity index (χ4v) is 4.95. The van der Waals surface area contributed by atoms with E-state index in [0.29, 0.717) is 22.1 Å². The molecule has 1 aromatic carbocycles. The largest absolute Gasteiger partial charge is 0.341 e. The van der Waals surface area contributed by atoms with Crippen molar-refractivity contribution in [2.45, 2.75) is 30.7 Å². The van der Waals surface area contributed by atoms with Gasteiger partial charge in [0, 0.05) is 30.6 Å². The number of pyridine rings is 1. The number of hydrogen-bond acceptors (Lipinski definition) is 6. The van der Waals surface area contributed by atoms with Crippen LogP contribution in [0.25, 0.3) is 11.3 Å². The maximum Gasteiger partial charge on any atom is 0.258 e. The van der Waals surface area contributed by atoms with E-state index < -0.39 is 0 Å². The van der Waals surface area contributed by atoms with Crippen LogP contribution in [0.1, 0.15) is 24.2 Å². The van der Waals surface area contributed by atoms with E-state index in [1.54, 1.807) is 10.5 Å². The summed E-state index contributed by atoms with van der Waals surface area (Å²) in [6.45, 7) is 3.81. The first-order chi connectivity index (χ1) is 15.1. The van der Waals surface area contributed by atoms with Gasteiger partial charge in [-0.05, 0) is 44.0 Å². The number of benzene rings is 1. The second-order valence-electron chi connectivity index (χ2n) is 7.50. The molecule has 158 valence electrons. The minimum Gasteiger partial charge on any atom is -0.341 e. The lowest BCUT2D eigenvalue weighted by Crippen LogP contribution is -2.22. The van der Waals surface area contributed by atoms with Crippen molar-refractivity contribution in [1.29, 1.82) is 0 Å². The van der Waals surface area contributed by atoms with Crippen LogP contribution < -0.4 is 10.5 Å². The van der Waals surface area contributed by atoms with Crippen molar-refractivity contribution in [3.63, 3.8) is 0 Å². The smallest absolute Gasteiger partial charge is 0.258 e. The monoisotopic (exact) mass is 452 g/mol. The molecule has 3 aromatic heterocycles. The number of hydrogen-bond donors (Lipinski definition) is 0. The van der Waals surface area contributed by atoms with Crippen LogP contribution >= 0.6 is 23.4 Å². The summed E-state index contributed by atoms with van der Waals surface area (Å²) in [4.78, 5) is 19.5. The maximum atomic E-state index is 12.6. The molecule has 0 saturated carbocycles. The molecule has 0 spiro atoms. The van der Waals surface area contributed by atoms with Crippen molar-refractivity contribution in [2.75, 3.05) is 18.0 Å². The SMILES string of the molecule is Cc1cccc2nc(CSc3nnc(N4CCCC4)n3-c3ccccc3Cl)cc(=O)n12. The lowest BCUT2D eigenvalue weighted by molar-refractivity contribution is 0.841. The molecule has 1 aliphatic rings. The predicted molar refractivity (Wildman–Crippen MR) is 124 cm³/mol. The summed E-state index contributed by atoms with van der Waals surface area (Å²) >= 11 is 8.02. The van der Waals surface area contributed by atoms with Crippen LogP contribution in [0.5, 0.6) is 0 Å². The molecular weight excluding hydrogens is 432 g/mol. The topological polar surface area (TPSA) is 68.3 Å². The molecule has 31 heavy (non-hydrogen) atoms. The second-order valence-corrected chi connectivity index (χ2v) is 8.85. The van der Waals surface area contributed by atoms with E-state index in [9.17, 15) is 4.79 Å². The van der Waals surface area contributed by atoms with Crippen molar-refractivity contribution in [3.8, 4) is 5.69 Å². The van der Waals surface area contributed by atoms with Crippen LogP contribution in [-0.2, 0) is 5.75 Å². The molecule has 9 heteroatoms. The summed E-state index contributed by atoms with van der Waals surface area (Å²) in [6, 6.07) is 14.9. The van der Waals surface area contributed by atoms with Gasteiger partial charge in [-0.1, -0.05) is 41.6 Å². The number of anilines is 1. The van der Waals surface area contributed by atoms with E-state index >= 15 is 0 Å². The maximum absolute atomic E-state index is 12.6. The first-order valence-corrected chi connectivity index (χ1v) is 11.5. The first kappa shape index (κ1) is 20.1. The zero-order valence-corrected chi connectivity index (χ0v) is 18.6. The number of rotatable bonds is 5. The number of nitrogens with zero attached hydrogens (tertiary/aromatic N) is 6. The fraction of sp³-hybridized carbons (Fsp3) is 0.273. The van der Waals surface area contributed by atoms with Gasteiger partial charge in [0.05, 0.1) is 16.4 Å². The summed E-state index contributed by atoms with van der Waals surface area (Å²) in [5.41, 5.74) is 2.98. The zero-order chi connectivity index (χ0) is 21.4. The molecule has 0 amide bonds. The summed E-state index contributed by atoms with van der Waals surface area (Å²) in [7, 11) is 0. The Kier molecular flexibility index (Phi) is 5.41. The van der Waals surface area contributed by atoms with Gasteiger partial charge in [-0.2, -0.15) is 0 Å². The Hall–Kier alpha value is -2.84. The van der Waals surface area contributed by atoms with E-state index in [4.69, 9.17) is 11.6 Å². The molecule has 1 saturated heterocycles. The molecule has 4 heterocycles. The van der Waals surface area contributed by atoms with Gasteiger partial charge in [0.25, 0.3) is 5.56 Å². The van der Waals surface area contributed by atoms with Crippen LogP contribution in [0.4, 0.5) is 5.95 Å². The Labute approximate surface area is 188 Å². The van der Waals surface area contributed by atoms with Crippen LogP contribution in [-0.4, -0.2) is 37.2 Å². The Balaban J connectivity index is 1.51. The van der Waals surface area contributed by atoms with E-state index in [0.717, 1.165) is 48.4 Å². The van der Waals surface area contributed by atoms with E-state index in [2.05, 4.69) is 20.1 Å². The average molecular weight is 453 g/mol. The molecule has 1 fully saturated rings. The highest BCUT2D eigenvalue weighted by molar-refractivity contribution is 7.98. The van der Waals surface area contributed by atoms with Gasteiger partial charge in [0.2, 0.25) is 5.95 Å². The normalized spacial score (nSPS) is 13.9. The highest BCUT2D eigenvalue weighted by Crippen LogP contribution is 2.32. The third-order valence-corrected chi connectivity index (χ3v) is 6.66. The number of para-hydroxylation sites is 1. The summed E-state index contributed by atoms with van der Waals surface area (Å²) in [5, 5.41) is 10.3. The fourth-order valence-electron chi connectivity index (χ4n) is 3.90. The van der Waals surface area contributed by atoms with Crippen LogP contribution in [0.15, 0.2) is 58.5 Å². The second kappa shape index (κ2) is 8.36. The van der Waals surface area contributed by atoms with E-state index in [1.807, 2.05) is 54.0 Å². The molecule has 1 aliphatic heterocycles.